The summed E-state index contributed by atoms with van der Waals surface area (Å²) in [6.07, 6.45) is 5.92. The Hall–Kier alpha value is -3.30. The lowest BCUT2D eigenvalue weighted by Gasteiger charge is -2.38. The van der Waals surface area contributed by atoms with Gasteiger partial charge in [0.1, 0.15) is 5.52 Å². The predicted octanol–water partition coefficient (Wildman–Crippen LogP) is 3.10. The average molecular weight is 404 g/mol. The van der Waals surface area contributed by atoms with Gasteiger partial charge in [-0.3, -0.25) is 4.98 Å². The lowest BCUT2D eigenvalue weighted by Crippen LogP contribution is -2.32. The minimum absolute atomic E-state index is 0.169. The fraction of sp³-hybridized carbons (Fsp3) is 0.333. The van der Waals surface area contributed by atoms with E-state index in [0.29, 0.717) is 11.5 Å². The van der Waals surface area contributed by atoms with Gasteiger partial charge in [-0.2, -0.15) is 0 Å². The Morgan fingerprint density at radius 2 is 1.97 bits per heavy atom. The fourth-order valence-corrected chi connectivity index (χ4v) is 5.02. The fourth-order valence-electron chi connectivity index (χ4n) is 5.02. The summed E-state index contributed by atoms with van der Waals surface area (Å²) < 4.78 is 13.1. The zero-order valence-electron chi connectivity index (χ0n) is 16.1. The minimum Gasteiger partial charge on any atom is -0.379 e. The van der Waals surface area contributed by atoms with Gasteiger partial charge in [-0.05, 0) is 47.6 Å². The van der Waals surface area contributed by atoms with E-state index in [0.717, 1.165) is 47.8 Å². The molecule has 0 radical (unpaired) electrons. The molecule has 1 unspecified atom stereocenters. The van der Waals surface area contributed by atoms with E-state index >= 15 is 0 Å². The highest BCUT2D eigenvalue weighted by atomic mass is 16.6. The van der Waals surface area contributed by atoms with E-state index in [4.69, 9.17) is 20.1 Å². The Labute approximate surface area is 171 Å². The quantitative estimate of drug-likeness (QED) is 0.522. The molecule has 0 bridgehead atoms. The molecule has 3 N–H and O–H groups in total. The number of aromatic nitrogens is 5. The molecule has 1 aromatic carbocycles. The van der Waals surface area contributed by atoms with Crippen LogP contribution in [0.2, 0.25) is 0 Å². The number of rotatable bonds is 2. The van der Waals surface area contributed by atoms with Crippen molar-refractivity contribution in [3.8, 4) is 11.5 Å². The number of imidazole rings is 1. The maximum Gasteiger partial charge on any atom is 0.199 e. The van der Waals surface area contributed by atoms with Crippen molar-refractivity contribution in [3.05, 3.63) is 53.9 Å². The Morgan fingerprint density at radius 1 is 1.13 bits per heavy atom. The minimum atomic E-state index is -0.866. The second-order valence-corrected chi connectivity index (χ2v) is 7.95. The molecule has 9 heteroatoms. The van der Waals surface area contributed by atoms with Crippen LogP contribution in [0.3, 0.4) is 0 Å². The van der Waals surface area contributed by atoms with Gasteiger partial charge in [0, 0.05) is 17.8 Å². The zero-order chi connectivity index (χ0) is 20.3. The Bertz CT molecular complexity index is 1240. The van der Waals surface area contributed by atoms with Crippen molar-refractivity contribution < 1.29 is 14.5 Å². The standard InChI is InChI=1S/C21H20N6O3/c22-18-17(25-30-26-18)19-24-15-11-23-10-7-16(15)27(19)12-5-8-21(9-6-12)14-4-2-1-3-13(14)20(28)29-21/h1-4,7,10-12,20,28H,5-6,8-9H2,(H2,22,26). The molecular formula is C21H20N6O3. The summed E-state index contributed by atoms with van der Waals surface area (Å²) in [5.41, 5.74) is 9.67. The molecule has 2 aliphatic rings. The van der Waals surface area contributed by atoms with Gasteiger partial charge in [-0.1, -0.05) is 24.3 Å². The molecule has 3 aromatic heterocycles. The zero-order valence-corrected chi connectivity index (χ0v) is 16.1. The normalized spacial score (nSPS) is 25.8. The highest BCUT2D eigenvalue weighted by molar-refractivity contribution is 5.81. The molecule has 6 rings (SSSR count). The van der Waals surface area contributed by atoms with Crippen molar-refractivity contribution >= 4 is 16.9 Å². The molecule has 30 heavy (non-hydrogen) atoms. The number of hydrogen-bond acceptors (Lipinski definition) is 8. The van der Waals surface area contributed by atoms with Crippen LogP contribution in [0.4, 0.5) is 5.82 Å². The number of nitrogens with two attached hydrogens (primary N) is 1. The maximum atomic E-state index is 10.4. The first-order valence-corrected chi connectivity index (χ1v) is 10.0. The van der Waals surface area contributed by atoms with E-state index in [1.54, 1.807) is 12.4 Å². The van der Waals surface area contributed by atoms with Crippen LogP contribution in [-0.2, 0) is 10.3 Å². The van der Waals surface area contributed by atoms with Gasteiger partial charge in [0.15, 0.2) is 23.6 Å². The van der Waals surface area contributed by atoms with Gasteiger partial charge in [0.25, 0.3) is 0 Å². The number of benzene rings is 1. The maximum absolute atomic E-state index is 10.4. The van der Waals surface area contributed by atoms with Crippen LogP contribution in [0.25, 0.3) is 22.6 Å². The molecule has 0 amide bonds. The molecule has 4 aromatic rings. The van der Waals surface area contributed by atoms with Gasteiger partial charge in [-0.25, -0.2) is 9.61 Å². The van der Waals surface area contributed by atoms with Gasteiger partial charge in [0.2, 0.25) is 0 Å². The highest BCUT2D eigenvalue weighted by Gasteiger charge is 2.47. The van der Waals surface area contributed by atoms with Crippen LogP contribution in [0.5, 0.6) is 0 Å². The second kappa shape index (κ2) is 6.35. The van der Waals surface area contributed by atoms with Crippen molar-refractivity contribution in [2.45, 2.75) is 43.6 Å². The number of nitrogens with zero attached hydrogens (tertiary/aromatic N) is 5. The number of nitrogen functional groups attached to an aromatic ring is 1. The highest BCUT2D eigenvalue weighted by Crippen LogP contribution is 2.52. The van der Waals surface area contributed by atoms with Gasteiger partial charge >= 0.3 is 0 Å². The molecule has 1 aliphatic carbocycles. The lowest BCUT2D eigenvalue weighted by molar-refractivity contribution is -0.186. The molecule has 9 nitrogen and oxygen atoms in total. The summed E-state index contributed by atoms with van der Waals surface area (Å²) in [5.74, 6) is 0.841. The number of pyridine rings is 1. The smallest absolute Gasteiger partial charge is 0.199 e. The number of hydrogen-bond donors (Lipinski definition) is 2. The van der Waals surface area contributed by atoms with E-state index < -0.39 is 11.9 Å². The third kappa shape index (κ3) is 2.42. The van der Waals surface area contributed by atoms with Crippen LogP contribution in [0.1, 0.15) is 49.1 Å². The van der Waals surface area contributed by atoms with Crippen molar-refractivity contribution in [3.63, 3.8) is 0 Å². The van der Waals surface area contributed by atoms with Crippen molar-refractivity contribution in [2.75, 3.05) is 5.73 Å². The first-order valence-electron chi connectivity index (χ1n) is 10.0. The lowest BCUT2D eigenvalue weighted by atomic mass is 9.77. The number of anilines is 1. The largest absolute Gasteiger partial charge is 0.379 e. The molecule has 1 fully saturated rings. The summed E-state index contributed by atoms with van der Waals surface area (Å²) >= 11 is 0. The van der Waals surface area contributed by atoms with Crippen molar-refractivity contribution in [1.82, 2.24) is 24.8 Å². The molecule has 1 aliphatic heterocycles. The predicted molar refractivity (Wildman–Crippen MR) is 107 cm³/mol. The Balaban J connectivity index is 1.39. The average Bonchev–Trinajstić information content (AvgIpc) is 3.44. The van der Waals surface area contributed by atoms with Crippen LogP contribution in [-0.4, -0.2) is 30.0 Å². The van der Waals surface area contributed by atoms with Crippen molar-refractivity contribution in [2.24, 2.45) is 0 Å². The summed E-state index contributed by atoms with van der Waals surface area (Å²) in [6.45, 7) is 0. The van der Waals surface area contributed by atoms with Gasteiger partial charge in [-0.15, -0.1) is 0 Å². The van der Waals surface area contributed by atoms with Gasteiger partial charge < -0.3 is 20.1 Å². The van der Waals surface area contributed by atoms with Gasteiger partial charge in [0.05, 0.1) is 17.3 Å². The third-order valence-electron chi connectivity index (χ3n) is 6.40. The topological polar surface area (TPSA) is 125 Å². The Morgan fingerprint density at radius 3 is 2.77 bits per heavy atom. The number of fused-ring (bicyclic) bond motifs is 3. The molecule has 0 saturated heterocycles. The molecule has 1 atom stereocenters. The van der Waals surface area contributed by atoms with Crippen LogP contribution >= 0.6 is 0 Å². The van der Waals surface area contributed by atoms with Crippen molar-refractivity contribution in [1.29, 1.82) is 0 Å². The number of aliphatic hydroxyl groups is 1. The van der Waals surface area contributed by atoms with Crippen LogP contribution < -0.4 is 5.73 Å². The number of ether oxygens (including phenoxy) is 1. The number of aliphatic hydroxyl groups excluding tert-OH is 1. The molecular weight excluding hydrogens is 384 g/mol. The van der Waals surface area contributed by atoms with Crippen LogP contribution in [0, 0.1) is 0 Å². The van der Waals surface area contributed by atoms with Crippen LogP contribution in [0.15, 0.2) is 47.4 Å². The van der Waals surface area contributed by atoms with E-state index in [1.807, 2.05) is 24.3 Å². The summed E-state index contributed by atoms with van der Waals surface area (Å²) in [7, 11) is 0. The molecule has 152 valence electrons. The summed E-state index contributed by atoms with van der Waals surface area (Å²) in [4.78, 5) is 8.91. The second-order valence-electron chi connectivity index (χ2n) is 7.95. The molecule has 4 heterocycles. The first-order chi connectivity index (χ1) is 14.7. The first kappa shape index (κ1) is 17.5. The molecule has 1 saturated carbocycles. The monoisotopic (exact) mass is 404 g/mol. The van der Waals surface area contributed by atoms with E-state index in [1.165, 1.54) is 0 Å². The molecule has 1 spiro atoms. The van der Waals surface area contributed by atoms with E-state index in [-0.39, 0.29) is 11.9 Å². The van der Waals surface area contributed by atoms with E-state index in [2.05, 4.69) is 25.9 Å². The van der Waals surface area contributed by atoms with E-state index in [9.17, 15) is 5.11 Å². The SMILES string of the molecule is Nc1nonc1-c1nc2cnccc2n1C1CCC2(CC1)OC(O)c1ccccc12. The Kier molecular flexibility index (Phi) is 3.71. The summed E-state index contributed by atoms with van der Waals surface area (Å²) in [6, 6.07) is 10.1. The third-order valence-corrected chi connectivity index (χ3v) is 6.40. The summed E-state index contributed by atoms with van der Waals surface area (Å²) in [5, 5.41) is 18.1.